The molecule has 2 nitrogen and oxygen atoms in total. The summed E-state index contributed by atoms with van der Waals surface area (Å²) in [6.45, 7) is 3.66. The minimum atomic E-state index is -0.179. The van der Waals surface area contributed by atoms with Gasteiger partial charge in [0.05, 0.1) is 0 Å². The Morgan fingerprint density at radius 1 is 1.28 bits per heavy atom. The van der Waals surface area contributed by atoms with Gasteiger partial charge in [0.15, 0.2) is 0 Å². The highest BCUT2D eigenvalue weighted by Crippen LogP contribution is 2.22. The van der Waals surface area contributed by atoms with Gasteiger partial charge in [-0.3, -0.25) is 4.79 Å². The summed E-state index contributed by atoms with van der Waals surface area (Å²) in [5, 5.41) is 0. The lowest BCUT2D eigenvalue weighted by atomic mass is 9.90. The first-order chi connectivity index (χ1) is 8.69. The number of amides is 1. The quantitative estimate of drug-likeness (QED) is 0.806. The van der Waals surface area contributed by atoms with Gasteiger partial charge in [0.1, 0.15) is 5.82 Å². The number of halogens is 1. The van der Waals surface area contributed by atoms with Gasteiger partial charge in [-0.05, 0) is 42.9 Å². The Labute approximate surface area is 108 Å². The molecule has 1 heterocycles. The van der Waals surface area contributed by atoms with Crippen molar-refractivity contribution in [1.82, 2.24) is 4.90 Å². The van der Waals surface area contributed by atoms with Crippen LogP contribution in [0.5, 0.6) is 0 Å². The van der Waals surface area contributed by atoms with Gasteiger partial charge in [-0.2, -0.15) is 0 Å². The third-order valence-corrected chi connectivity index (χ3v) is 3.71. The molecule has 0 radical (unpaired) electrons. The summed E-state index contributed by atoms with van der Waals surface area (Å²) < 4.78 is 12.8. The monoisotopic (exact) mass is 249 g/mol. The summed E-state index contributed by atoms with van der Waals surface area (Å²) in [4.78, 5) is 13.5. The lowest BCUT2D eigenvalue weighted by Gasteiger charge is -2.32. The van der Waals surface area contributed by atoms with Crippen molar-refractivity contribution < 1.29 is 9.18 Å². The van der Waals surface area contributed by atoms with Crippen molar-refractivity contribution in [1.29, 1.82) is 0 Å². The topological polar surface area (TPSA) is 20.3 Å². The van der Waals surface area contributed by atoms with Crippen LogP contribution >= 0.6 is 0 Å². The zero-order valence-corrected chi connectivity index (χ0v) is 10.9. The van der Waals surface area contributed by atoms with E-state index in [1.54, 1.807) is 0 Å². The fourth-order valence-corrected chi connectivity index (χ4v) is 2.56. The summed E-state index contributed by atoms with van der Waals surface area (Å²) in [7, 11) is 0. The summed E-state index contributed by atoms with van der Waals surface area (Å²) >= 11 is 0. The number of carbonyl (C=O) groups is 1. The fourth-order valence-electron chi connectivity index (χ4n) is 2.56. The summed E-state index contributed by atoms with van der Waals surface area (Å²) in [6, 6.07) is 6.76. The summed E-state index contributed by atoms with van der Waals surface area (Å²) in [6.07, 6.45) is 3.71. The number of piperidine rings is 1. The van der Waals surface area contributed by atoms with Gasteiger partial charge in [0, 0.05) is 19.5 Å². The third kappa shape index (κ3) is 3.31. The summed E-state index contributed by atoms with van der Waals surface area (Å²) in [5.74, 6) is 0.703. The van der Waals surface area contributed by atoms with Crippen LogP contribution in [-0.4, -0.2) is 23.9 Å². The Hall–Kier alpha value is -1.38. The molecule has 18 heavy (non-hydrogen) atoms. The Morgan fingerprint density at radius 3 is 2.44 bits per heavy atom. The molecule has 1 amide bonds. The Kier molecular flexibility index (Phi) is 4.34. The number of nitrogens with zero attached hydrogens (tertiary/aromatic N) is 1. The number of rotatable bonds is 3. The average molecular weight is 249 g/mol. The van der Waals surface area contributed by atoms with E-state index in [0.29, 0.717) is 12.3 Å². The predicted molar refractivity (Wildman–Crippen MR) is 69.7 cm³/mol. The van der Waals surface area contributed by atoms with Gasteiger partial charge in [-0.25, -0.2) is 4.39 Å². The van der Waals surface area contributed by atoms with Crippen molar-refractivity contribution in [2.24, 2.45) is 5.92 Å². The molecule has 0 aromatic heterocycles. The van der Waals surface area contributed by atoms with Crippen LogP contribution in [-0.2, 0) is 11.2 Å². The highest BCUT2D eigenvalue weighted by molar-refractivity contribution is 5.75. The molecule has 0 bridgehead atoms. The number of hydrogen-bond acceptors (Lipinski definition) is 1. The molecule has 0 saturated carbocycles. The Balaban J connectivity index is 1.83. The lowest BCUT2D eigenvalue weighted by molar-refractivity contribution is -0.132. The SMILES string of the molecule is CCC(=O)N1CCC(Cc2ccc(F)cc2)CC1. The van der Waals surface area contributed by atoms with Crippen LogP contribution in [0.25, 0.3) is 0 Å². The van der Waals surface area contributed by atoms with E-state index >= 15 is 0 Å². The molecular weight excluding hydrogens is 229 g/mol. The molecule has 2 rings (SSSR count). The van der Waals surface area contributed by atoms with E-state index in [-0.39, 0.29) is 11.7 Å². The average Bonchev–Trinajstić information content (AvgIpc) is 2.41. The number of benzene rings is 1. The molecule has 0 N–H and O–H groups in total. The van der Waals surface area contributed by atoms with E-state index in [2.05, 4.69) is 0 Å². The van der Waals surface area contributed by atoms with Crippen molar-refractivity contribution in [3.8, 4) is 0 Å². The van der Waals surface area contributed by atoms with E-state index < -0.39 is 0 Å². The molecule has 1 aliphatic rings. The molecular formula is C15H20FNO. The highest BCUT2D eigenvalue weighted by Gasteiger charge is 2.21. The van der Waals surface area contributed by atoms with Gasteiger partial charge in [-0.1, -0.05) is 19.1 Å². The van der Waals surface area contributed by atoms with Crippen molar-refractivity contribution in [3.63, 3.8) is 0 Å². The zero-order valence-electron chi connectivity index (χ0n) is 10.9. The van der Waals surface area contributed by atoms with Crippen LogP contribution in [0.3, 0.4) is 0 Å². The summed E-state index contributed by atoms with van der Waals surface area (Å²) in [5.41, 5.74) is 1.19. The maximum atomic E-state index is 12.8. The molecule has 98 valence electrons. The second-order valence-electron chi connectivity index (χ2n) is 5.01. The molecule has 1 saturated heterocycles. The minimum absolute atomic E-state index is 0.179. The number of likely N-dealkylation sites (tertiary alicyclic amines) is 1. The van der Waals surface area contributed by atoms with Gasteiger partial charge < -0.3 is 4.90 Å². The van der Waals surface area contributed by atoms with Gasteiger partial charge >= 0.3 is 0 Å². The maximum absolute atomic E-state index is 12.8. The smallest absolute Gasteiger partial charge is 0.222 e. The fraction of sp³-hybridized carbons (Fsp3) is 0.533. The van der Waals surface area contributed by atoms with E-state index in [1.165, 1.54) is 17.7 Å². The number of carbonyl (C=O) groups excluding carboxylic acids is 1. The second kappa shape index (κ2) is 5.98. The van der Waals surface area contributed by atoms with Gasteiger partial charge in [-0.15, -0.1) is 0 Å². The normalized spacial score (nSPS) is 16.9. The van der Waals surface area contributed by atoms with Crippen LogP contribution in [0, 0.1) is 11.7 Å². The van der Waals surface area contributed by atoms with E-state index in [1.807, 2.05) is 24.0 Å². The Morgan fingerprint density at radius 2 is 1.89 bits per heavy atom. The number of hydrogen-bond donors (Lipinski definition) is 0. The van der Waals surface area contributed by atoms with E-state index in [4.69, 9.17) is 0 Å². The molecule has 1 aromatic carbocycles. The van der Waals surface area contributed by atoms with E-state index in [9.17, 15) is 9.18 Å². The second-order valence-corrected chi connectivity index (χ2v) is 5.01. The van der Waals surface area contributed by atoms with Crippen LogP contribution in [0.15, 0.2) is 24.3 Å². The molecule has 0 atom stereocenters. The first-order valence-corrected chi connectivity index (χ1v) is 6.71. The van der Waals surface area contributed by atoms with Gasteiger partial charge in [0.25, 0.3) is 0 Å². The van der Waals surface area contributed by atoms with Crippen LogP contribution in [0.4, 0.5) is 4.39 Å². The van der Waals surface area contributed by atoms with Gasteiger partial charge in [0.2, 0.25) is 5.91 Å². The highest BCUT2D eigenvalue weighted by atomic mass is 19.1. The standard InChI is InChI=1S/C15H20FNO/c1-2-15(18)17-9-7-13(8-10-17)11-12-3-5-14(16)6-4-12/h3-6,13H,2,7-11H2,1H3. The van der Waals surface area contributed by atoms with Crippen molar-refractivity contribution in [2.75, 3.05) is 13.1 Å². The lowest BCUT2D eigenvalue weighted by Crippen LogP contribution is -2.38. The van der Waals surface area contributed by atoms with Crippen molar-refractivity contribution in [2.45, 2.75) is 32.6 Å². The van der Waals surface area contributed by atoms with E-state index in [0.717, 1.165) is 32.4 Å². The molecule has 1 aliphatic heterocycles. The maximum Gasteiger partial charge on any atom is 0.222 e. The van der Waals surface area contributed by atoms with Crippen LogP contribution < -0.4 is 0 Å². The first kappa shape index (κ1) is 13.1. The van der Waals surface area contributed by atoms with Crippen LogP contribution in [0.1, 0.15) is 31.7 Å². The molecule has 0 spiro atoms. The minimum Gasteiger partial charge on any atom is -0.343 e. The Bertz CT molecular complexity index is 393. The first-order valence-electron chi connectivity index (χ1n) is 6.71. The molecule has 0 aliphatic carbocycles. The zero-order chi connectivity index (χ0) is 13.0. The molecule has 1 fully saturated rings. The molecule has 3 heteroatoms. The van der Waals surface area contributed by atoms with Crippen molar-refractivity contribution in [3.05, 3.63) is 35.6 Å². The predicted octanol–water partition coefficient (Wildman–Crippen LogP) is 3.02. The molecule has 0 unspecified atom stereocenters. The molecule has 1 aromatic rings. The van der Waals surface area contributed by atoms with Crippen LogP contribution in [0.2, 0.25) is 0 Å². The third-order valence-electron chi connectivity index (χ3n) is 3.71. The largest absolute Gasteiger partial charge is 0.343 e. The van der Waals surface area contributed by atoms with Crippen molar-refractivity contribution >= 4 is 5.91 Å².